The Kier molecular flexibility index (Phi) is 9.99. The van der Waals surface area contributed by atoms with Crippen LogP contribution in [0, 0.1) is 11.8 Å². The Morgan fingerprint density at radius 3 is 2.11 bits per heavy atom. The molecule has 0 unspecified atom stereocenters. The highest BCUT2D eigenvalue weighted by molar-refractivity contribution is 5.94. The molecule has 27 heavy (non-hydrogen) atoms. The van der Waals surface area contributed by atoms with Crippen LogP contribution in [-0.2, 0) is 19.2 Å². The molecule has 0 aromatic rings. The predicted octanol–water partition coefficient (Wildman–Crippen LogP) is -0.0137. The van der Waals surface area contributed by atoms with Gasteiger partial charge in [0.25, 0.3) is 0 Å². The van der Waals surface area contributed by atoms with Crippen LogP contribution >= 0.6 is 0 Å². The maximum absolute atomic E-state index is 12.3. The van der Waals surface area contributed by atoms with Crippen molar-refractivity contribution in [3.63, 3.8) is 0 Å². The Balaban J connectivity index is 4.67. The van der Waals surface area contributed by atoms with Gasteiger partial charge >= 0.3 is 5.97 Å². The van der Waals surface area contributed by atoms with E-state index in [1.54, 1.807) is 6.92 Å². The number of hydrogen-bond acceptors (Lipinski definition) is 5. The van der Waals surface area contributed by atoms with Gasteiger partial charge in [0.2, 0.25) is 17.7 Å². The average Bonchev–Trinajstić information content (AvgIpc) is 2.55. The molecule has 0 aromatic heterocycles. The van der Waals surface area contributed by atoms with E-state index in [-0.39, 0.29) is 11.8 Å². The van der Waals surface area contributed by atoms with E-state index in [1.807, 2.05) is 20.8 Å². The second-order valence-electron chi connectivity index (χ2n) is 7.80. The molecule has 3 atom stereocenters. The van der Waals surface area contributed by atoms with E-state index in [0.29, 0.717) is 12.8 Å². The highest BCUT2D eigenvalue weighted by Crippen LogP contribution is 2.08. The van der Waals surface area contributed by atoms with Crippen molar-refractivity contribution in [2.45, 2.75) is 72.0 Å². The number of carbonyl (C=O) groups is 4. The van der Waals surface area contributed by atoms with E-state index in [4.69, 9.17) is 5.73 Å². The third-order valence-corrected chi connectivity index (χ3v) is 4.27. The van der Waals surface area contributed by atoms with Gasteiger partial charge in [-0.1, -0.05) is 34.1 Å². The molecule has 6 N–H and O–H groups in total. The Bertz CT molecular complexity index is 548. The van der Waals surface area contributed by atoms with E-state index in [9.17, 15) is 24.3 Å². The normalized spacial score (nSPS) is 14.8. The fourth-order valence-electron chi connectivity index (χ4n) is 2.36. The van der Waals surface area contributed by atoms with Crippen LogP contribution in [0.2, 0.25) is 0 Å². The molecule has 0 radical (unpaired) electrons. The lowest BCUT2D eigenvalue weighted by Gasteiger charge is -2.27. The third-order valence-electron chi connectivity index (χ3n) is 4.27. The summed E-state index contributed by atoms with van der Waals surface area (Å²) >= 11 is 0. The summed E-state index contributed by atoms with van der Waals surface area (Å²) in [7, 11) is 0. The molecule has 0 aliphatic carbocycles. The second kappa shape index (κ2) is 10.9. The van der Waals surface area contributed by atoms with Gasteiger partial charge in [0.05, 0.1) is 12.6 Å². The van der Waals surface area contributed by atoms with Crippen LogP contribution in [0.25, 0.3) is 0 Å². The summed E-state index contributed by atoms with van der Waals surface area (Å²) in [5.74, 6) is -2.78. The van der Waals surface area contributed by atoms with Gasteiger partial charge in [-0.25, -0.2) is 4.79 Å². The summed E-state index contributed by atoms with van der Waals surface area (Å²) in [4.78, 5) is 47.6. The number of amides is 3. The smallest absolute Gasteiger partial charge is 0.326 e. The van der Waals surface area contributed by atoms with E-state index in [2.05, 4.69) is 16.0 Å². The van der Waals surface area contributed by atoms with Crippen LogP contribution in [0.4, 0.5) is 0 Å². The minimum atomic E-state index is -1.27. The number of nitrogens with two attached hydrogens (primary N) is 1. The summed E-state index contributed by atoms with van der Waals surface area (Å²) in [6.45, 7) is 10.0. The zero-order chi connectivity index (χ0) is 21.4. The largest absolute Gasteiger partial charge is 0.480 e. The van der Waals surface area contributed by atoms with Crippen LogP contribution in [0.5, 0.6) is 0 Å². The minimum Gasteiger partial charge on any atom is -0.480 e. The molecule has 0 rings (SSSR count). The summed E-state index contributed by atoms with van der Waals surface area (Å²) < 4.78 is 0. The summed E-state index contributed by atoms with van der Waals surface area (Å²) in [5.41, 5.74) is 4.54. The van der Waals surface area contributed by atoms with Gasteiger partial charge < -0.3 is 26.8 Å². The first-order valence-corrected chi connectivity index (χ1v) is 9.19. The molecule has 3 amide bonds. The molecule has 0 saturated heterocycles. The van der Waals surface area contributed by atoms with Gasteiger partial charge in [-0.05, 0) is 32.1 Å². The van der Waals surface area contributed by atoms with Gasteiger partial charge in [0.1, 0.15) is 11.6 Å². The van der Waals surface area contributed by atoms with Crippen LogP contribution in [0.15, 0.2) is 0 Å². The molecule has 0 bridgehead atoms. The lowest BCUT2D eigenvalue weighted by Crippen LogP contribution is -2.59. The fourth-order valence-corrected chi connectivity index (χ4v) is 2.36. The first kappa shape index (κ1) is 24.8. The van der Waals surface area contributed by atoms with Crippen molar-refractivity contribution in [2.24, 2.45) is 17.6 Å². The number of carboxylic acid groups (broad SMARTS) is 1. The number of nitrogens with one attached hydrogen (secondary N) is 3. The summed E-state index contributed by atoms with van der Waals surface area (Å²) in [6.07, 6.45) is 1.07. The topological polar surface area (TPSA) is 151 Å². The van der Waals surface area contributed by atoms with Crippen molar-refractivity contribution >= 4 is 23.7 Å². The second-order valence-corrected chi connectivity index (χ2v) is 7.80. The first-order chi connectivity index (χ1) is 12.3. The number of aliphatic carboxylic acids is 1. The quantitative estimate of drug-likeness (QED) is 0.337. The van der Waals surface area contributed by atoms with Crippen molar-refractivity contribution in [1.29, 1.82) is 0 Å². The number of carbonyl (C=O) groups excluding carboxylic acids is 3. The zero-order valence-corrected chi connectivity index (χ0v) is 17.1. The molecular weight excluding hydrogens is 352 g/mol. The van der Waals surface area contributed by atoms with Crippen molar-refractivity contribution < 1.29 is 24.3 Å². The lowest BCUT2D eigenvalue weighted by molar-refractivity contribution is -0.143. The Morgan fingerprint density at radius 1 is 1.11 bits per heavy atom. The molecular formula is C18H34N4O5. The predicted molar refractivity (Wildman–Crippen MR) is 102 cm³/mol. The lowest BCUT2D eigenvalue weighted by atomic mass is 9.99. The number of carboxylic acids is 1. The van der Waals surface area contributed by atoms with Crippen LogP contribution in [-0.4, -0.2) is 53.0 Å². The van der Waals surface area contributed by atoms with Crippen molar-refractivity contribution in [3.8, 4) is 0 Å². The maximum Gasteiger partial charge on any atom is 0.326 e. The molecule has 0 aromatic carbocycles. The molecule has 0 fully saturated rings. The summed E-state index contributed by atoms with van der Waals surface area (Å²) in [5, 5.41) is 16.6. The Labute approximate surface area is 160 Å². The zero-order valence-electron chi connectivity index (χ0n) is 17.1. The van der Waals surface area contributed by atoms with Gasteiger partial charge in [-0.3, -0.25) is 14.4 Å². The van der Waals surface area contributed by atoms with Gasteiger partial charge in [0, 0.05) is 0 Å². The van der Waals surface area contributed by atoms with Crippen molar-refractivity contribution in [1.82, 2.24) is 16.0 Å². The Hall–Kier alpha value is -2.16. The van der Waals surface area contributed by atoms with Crippen molar-refractivity contribution in [2.75, 3.05) is 6.54 Å². The van der Waals surface area contributed by atoms with Gasteiger partial charge in [-0.15, -0.1) is 0 Å². The van der Waals surface area contributed by atoms with Gasteiger partial charge in [0.15, 0.2) is 0 Å². The number of rotatable bonds is 11. The summed E-state index contributed by atoms with van der Waals surface area (Å²) in [6, 6.07) is -1.76. The van der Waals surface area contributed by atoms with E-state index < -0.39 is 47.9 Å². The molecule has 0 saturated carbocycles. The highest BCUT2D eigenvalue weighted by Gasteiger charge is 2.32. The fraction of sp³-hybridized carbons (Fsp3) is 0.778. The molecule has 9 nitrogen and oxygen atoms in total. The highest BCUT2D eigenvalue weighted by atomic mass is 16.4. The number of hydrogen-bond donors (Lipinski definition) is 5. The van der Waals surface area contributed by atoms with Crippen LogP contribution in [0.3, 0.4) is 0 Å². The Morgan fingerprint density at radius 2 is 1.67 bits per heavy atom. The molecule has 0 heterocycles. The molecule has 9 heteroatoms. The molecule has 0 aliphatic rings. The standard InChI is InChI=1S/C18H34N4O5/c1-7-11(4)14(16(25)26)21-13(23)9-20-17(27)18(5,6)22-15(24)12(19)8-10(2)3/h10-12,14H,7-9,19H2,1-6H3,(H,20,27)(H,21,23)(H,22,24)(H,25,26)/t11-,12-,14-/m0/s1. The van der Waals surface area contributed by atoms with Gasteiger partial charge in [-0.2, -0.15) is 0 Å². The van der Waals surface area contributed by atoms with E-state index in [0.717, 1.165) is 0 Å². The SMILES string of the molecule is CC[C@H](C)[C@H](NC(=O)CNC(=O)C(C)(C)NC(=O)[C@@H](N)CC(C)C)C(=O)O. The average molecular weight is 386 g/mol. The minimum absolute atomic E-state index is 0.235. The first-order valence-electron chi connectivity index (χ1n) is 9.19. The van der Waals surface area contributed by atoms with Crippen LogP contribution in [0.1, 0.15) is 54.4 Å². The van der Waals surface area contributed by atoms with Crippen LogP contribution < -0.4 is 21.7 Å². The molecule has 0 aliphatic heterocycles. The third kappa shape index (κ3) is 8.85. The maximum atomic E-state index is 12.3. The van der Waals surface area contributed by atoms with Crippen molar-refractivity contribution in [3.05, 3.63) is 0 Å². The van der Waals surface area contributed by atoms with E-state index in [1.165, 1.54) is 13.8 Å². The van der Waals surface area contributed by atoms with E-state index >= 15 is 0 Å². The molecule has 0 spiro atoms. The molecule has 156 valence electrons. The monoisotopic (exact) mass is 386 g/mol.